The highest BCUT2D eigenvalue weighted by Crippen LogP contribution is 2.20. The molecule has 0 atom stereocenters. The molecule has 4 heteroatoms. The Hall–Kier alpha value is 0.0200. The quantitative estimate of drug-likeness (QED) is 0.563. The first-order valence-corrected chi connectivity index (χ1v) is 3.31. The first-order chi connectivity index (χ1) is 4.20. The zero-order valence-electron chi connectivity index (χ0n) is 4.24. The van der Waals surface area contributed by atoms with Gasteiger partial charge in [0.1, 0.15) is 10.3 Å². The predicted molar refractivity (Wildman–Crippen MR) is 39.3 cm³/mol. The lowest BCUT2D eigenvalue weighted by Crippen LogP contribution is -1.75. The summed E-state index contributed by atoms with van der Waals surface area (Å²) in [6, 6.07) is 3.18. The minimum absolute atomic E-state index is 0.240. The Morgan fingerprint density at radius 2 is 1.78 bits per heavy atom. The molecule has 0 amide bonds. The fourth-order valence-corrected chi connectivity index (χ4v) is 0.845. The standard InChI is InChI=1S/C5H2Cl3N/c6-3-1-2-4(7)9-5(3)8/h1-2H/i9+1. The van der Waals surface area contributed by atoms with Crippen molar-refractivity contribution in [3.8, 4) is 0 Å². The van der Waals surface area contributed by atoms with Crippen LogP contribution in [0.25, 0.3) is 0 Å². The highest BCUT2D eigenvalue weighted by Gasteiger charge is 1.96. The van der Waals surface area contributed by atoms with Gasteiger partial charge in [0.25, 0.3) is 0 Å². The van der Waals surface area contributed by atoms with Crippen molar-refractivity contribution in [2.45, 2.75) is 0 Å². The molecule has 0 bridgehead atoms. The molecule has 0 N–H and O–H groups in total. The Labute approximate surface area is 67.6 Å². The van der Waals surface area contributed by atoms with Gasteiger partial charge in [0.15, 0.2) is 0 Å². The molecule has 48 valence electrons. The Morgan fingerprint density at radius 3 is 2.22 bits per heavy atom. The lowest BCUT2D eigenvalue weighted by molar-refractivity contribution is 1.33. The van der Waals surface area contributed by atoms with Gasteiger partial charge in [-0.2, -0.15) is 0 Å². The van der Waals surface area contributed by atoms with E-state index in [1.807, 2.05) is 0 Å². The summed E-state index contributed by atoms with van der Waals surface area (Å²) in [5.74, 6) is 0. The SMILES string of the molecule is Clc1ccc(Cl)c(Cl)[15n]1. The van der Waals surface area contributed by atoms with Crippen molar-refractivity contribution in [1.29, 1.82) is 0 Å². The van der Waals surface area contributed by atoms with E-state index in [2.05, 4.69) is 4.98 Å². The summed E-state index contributed by atoms with van der Waals surface area (Å²) in [5.41, 5.74) is 0. The maximum Gasteiger partial charge on any atom is 0.149 e. The maximum absolute atomic E-state index is 5.53. The van der Waals surface area contributed by atoms with Crippen LogP contribution in [-0.2, 0) is 0 Å². The van der Waals surface area contributed by atoms with Crippen LogP contribution >= 0.6 is 34.8 Å². The topological polar surface area (TPSA) is 12.9 Å². The van der Waals surface area contributed by atoms with E-state index in [4.69, 9.17) is 34.8 Å². The molecule has 0 unspecified atom stereocenters. The molecule has 0 aliphatic carbocycles. The Kier molecular flexibility index (Phi) is 2.17. The summed E-state index contributed by atoms with van der Waals surface area (Å²) in [5, 5.41) is 1.01. The highest BCUT2D eigenvalue weighted by molar-refractivity contribution is 6.41. The van der Waals surface area contributed by atoms with Gasteiger partial charge < -0.3 is 0 Å². The van der Waals surface area contributed by atoms with Crippen LogP contribution in [0.3, 0.4) is 0 Å². The second-order valence-corrected chi connectivity index (χ2v) is 2.56. The number of aromatic nitrogens is 1. The molecule has 9 heavy (non-hydrogen) atoms. The van der Waals surface area contributed by atoms with Gasteiger partial charge in [-0.15, -0.1) is 0 Å². The van der Waals surface area contributed by atoms with Gasteiger partial charge in [0, 0.05) is 0 Å². The fraction of sp³-hybridized carbons (Fsp3) is 0. The zero-order valence-corrected chi connectivity index (χ0v) is 6.50. The van der Waals surface area contributed by atoms with E-state index in [-0.39, 0.29) is 5.15 Å². The summed E-state index contributed by atoms with van der Waals surface area (Å²) < 4.78 is 0. The van der Waals surface area contributed by atoms with Crippen LogP contribution in [0.2, 0.25) is 15.3 Å². The molecule has 0 aliphatic heterocycles. The van der Waals surface area contributed by atoms with E-state index in [0.717, 1.165) is 0 Å². The van der Waals surface area contributed by atoms with Gasteiger partial charge in [-0.1, -0.05) is 34.8 Å². The largest absolute Gasteiger partial charge is 0.223 e. The molecular formula is C5H2Cl3N. The van der Waals surface area contributed by atoms with Crippen LogP contribution in [0.5, 0.6) is 0 Å². The number of halogens is 3. The molecule has 1 aromatic heterocycles. The predicted octanol–water partition coefficient (Wildman–Crippen LogP) is 3.04. The Morgan fingerprint density at radius 1 is 1.11 bits per heavy atom. The van der Waals surface area contributed by atoms with Crippen LogP contribution in [0.4, 0.5) is 0 Å². The van der Waals surface area contributed by atoms with Crippen molar-refractivity contribution < 1.29 is 0 Å². The van der Waals surface area contributed by atoms with Crippen LogP contribution in [0.15, 0.2) is 12.1 Å². The van der Waals surface area contributed by atoms with Crippen LogP contribution in [0, 0.1) is 0 Å². The first-order valence-electron chi connectivity index (χ1n) is 2.17. The van der Waals surface area contributed by atoms with E-state index < -0.39 is 0 Å². The highest BCUT2D eigenvalue weighted by atomic mass is 35.5. The summed E-state index contributed by atoms with van der Waals surface area (Å²) >= 11 is 16.5. The van der Waals surface area contributed by atoms with Gasteiger partial charge in [0.05, 0.1) is 5.02 Å². The number of rotatable bonds is 0. The maximum atomic E-state index is 5.53. The van der Waals surface area contributed by atoms with Crippen LogP contribution in [-0.4, -0.2) is 4.98 Å². The Bertz CT molecular complexity index is 223. The molecule has 0 radical (unpaired) electrons. The lowest BCUT2D eigenvalue weighted by Gasteiger charge is -1.91. The molecule has 0 aliphatic rings. The average molecular weight is 183 g/mol. The zero-order chi connectivity index (χ0) is 6.85. The molecule has 1 nitrogen and oxygen atoms in total. The molecule has 1 rings (SSSR count). The van der Waals surface area contributed by atoms with Gasteiger partial charge >= 0.3 is 0 Å². The summed E-state index contributed by atoms with van der Waals surface area (Å²) in [6.45, 7) is 0. The first kappa shape index (κ1) is 7.13. The lowest BCUT2D eigenvalue weighted by atomic mass is 10.5. The van der Waals surface area contributed by atoms with Crippen molar-refractivity contribution >= 4 is 34.8 Å². The molecule has 1 aromatic rings. The fourth-order valence-electron chi connectivity index (χ4n) is 0.395. The van der Waals surface area contributed by atoms with Crippen molar-refractivity contribution in [2.75, 3.05) is 0 Å². The smallest absolute Gasteiger partial charge is 0.149 e. The third kappa shape index (κ3) is 1.71. The van der Waals surface area contributed by atoms with E-state index in [9.17, 15) is 0 Å². The third-order valence-electron chi connectivity index (χ3n) is 0.769. The molecule has 0 spiro atoms. The van der Waals surface area contributed by atoms with Crippen LogP contribution < -0.4 is 0 Å². The number of pyridine rings is 1. The molecular weight excluding hydrogens is 181 g/mol. The monoisotopic (exact) mass is 182 g/mol. The average Bonchev–Trinajstić information content (AvgIpc) is 1.80. The van der Waals surface area contributed by atoms with Crippen molar-refractivity contribution in [3.63, 3.8) is 0 Å². The van der Waals surface area contributed by atoms with Crippen molar-refractivity contribution in [1.82, 2.24) is 4.98 Å². The van der Waals surface area contributed by atoms with Gasteiger partial charge in [-0.25, -0.2) is 4.98 Å². The summed E-state index contributed by atoms with van der Waals surface area (Å²) in [4.78, 5) is 3.67. The van der Waals surface area contributed by atoms with Crippen LogP contribution in [0.1, 0.15) is 0 Å². The number of hydrogen-bond acceptors (Lipinski definition) is 1. The van der Waals surface area contributed by atoms with E-state index in [1.54, 1.807) is 12.1 Å². The van der Waals surface area contributed by atoms with Crippen molar-refractivity contribution in [3.05, 3.63) is 27.5 Å². The van der Waals surface area contributed by atoms with Gasteiger partial charge in [-0.3, -0.25) is 0 Å². The van der Waals surface area contributed by atoms with Gasteiger partial charge in [0.2, 0.25) is 0 Å². The van der Waals surface area contributed by atoms with E-state index in [1.165, 1.54) is 0 Å². The second kappa shape index (κ2) is 2.74. The summed E-state index contributed by atoms with van der Waals surface area (Å²) in [6.07, 6.45) is 0. The van der Waals surface area contributed by atoms with E-state index in [0.29, 0.717) is 10.2 Å². The minimum atomic E-state index is 0.240. The summed E-state index contributed by atoms with van der Waals surface area (Å²) in [7, 11) is 0. The number of nitrogens with zero attached hydrogens (tertiary/aromatic N) is 1. The molecule has 0 saturated carbocycles. The molecule has 1 heterocycles. The minimum Gasteiger partial charge on any atom is -0.223 e. The van der Waals surface area contributed by atoms with Crippen molar-refractivity contribution in [2.24, 2.45) is 0 Å². The molecule has 0 saturated heterocycles. The number of hydrogen-bond donors (Lipinski definition) is 0. The Balaban J connectivity index is 3.17. The molecule has 0 aromatic carbocycles. The van der Waals surface area contributed by atoms with E-state index >= 15 is 0 Å². The molecule has 0 fully saturated rings. The normalized spacial score (nSPS) is 9.67. The third-order valence-corrected chi connectivity index (χ3v) is 1.67. The van der Waals surface area contributed by atoms with Gasteiger partial charge in [-0.05, 0) is 12.1 Å². The second-order valence-electron chi connectivity index (χ2n) is 1.41.